The minimum absolute atomic E-state index is 0.312. The van der Waals surface area contributed by atoms with Gasteiger partial charge in [0.15, 0.2) is 5.78 Å². The molecule has 1 nitrogen and oxygen atoms in total. The van der Waals surface area contributed by atoms with Gasteiger partial charge in [-0.05, 0) is 46.7 Å². The van der Waals surface area contributed by atoms with E-state index >= 15 is 0 Å². The first-order valence-corrected chi connectivity index (χ1v) is 6.10. The van der Waals surface area contributed by atoms with Gasteiger partial charge in [0.05, 0.1) is 0 Å². The number of hydrogen-bond acceptors (Lipinski definition) is 1. The van der Waals surface area contributed by atoms with E-state index in [1.54, 1.807) is 0 Å². The number of carbonyl (C=O) groups excluding carboxylic acids is 1. The molecule has 0 unspecified atom stereocenters. The van der Waals surface area contributed by atoms with E-state index < -0.39 is 0 Å². The van der Waals surface area contributed by atoms with Crippen LogP contribution in [0.25, 0.3) is 11.1 Å². The molecule has 2 aliphatic rings. The van der Waals surface area contributed by atoms with Gasteiger partial charge < -0.3 is 0 Å². The summed E-state index contributed by atoms with van der Waals surface area (Å²) in [6, 6.07) is 12.9. The van der Waals surface area contributed by atoms with Crippen molar-refractivity contribution < 1.29 is 4.79 Å². The highest BCUT2D eigenvalue weighted by molar-refractivity contribution is 6.02. The Kier molecular flexibility index (Phi) is 1.66. The molecule has 2 aromatic carbocycles. The summed E-state index contributed by atoms with van der Waals surface area (Å²) in [5.41, 5.74) is 7.57. The fourth-order valence-corrected chi connectivity index (χ4v) is 3.08. The molecular weight excluding hydrogens is 208 g/mol. The van der Waals surface area contributed by atoms with E-state index in [9.17, 15) is 4.79 Å². The minimum atomic E-state index is 0.312. The molecule has 0 saturated heterocycles. The zero-order valence-electron chi connectivity index (χ0n) is 9.49. The number of ketones is 1. The summed E-state index contributed by atoms with van der Waals surface area (Å²) in [5, 5.41) is 0. The van der Waals surface area contributed by atoms with Gasteiger partial charge in [-0.15, -0.1) is 0 Å². The SMILES string of the molecule is O=C1CCc2cc3c(cc21)-c1ccccc1C3. The molecule has 0 atom stereocenters. The van der Waals surface area contributed by atoms with Crippen LogP contribution in [-0.2, 0) is 12.8 Å². The molecule has 0 bridgehead atoms. The predicted octanol–water partition coefficient (Wildman–Crippen LogP) is 3.39. The average Bonchev–Trinajstić information content (AvgIpc) is 2.88. The van der Waals surface area contributed by atoms with Gasteiger partial charge in [0, 0.05) is 12.0 Å². The Balaban J connectivity index is 2.00. The van der Waals surface area contributed by atoms with Gasteiger partial charge in [-0.2, -0.15) is 0 Å². The van der Waals surface area contributed by atoms with E-state index in [4.69, 9.17) is 0 Å². The van der Waals surface area contributed by atoms with Crippen molar-refractivity contribution in [3.8, 4) is 11.1 Å². The van der Waals surface area contributed by atoms with Crippen LogP contribution in [0.1, 0.15) is 33.5 Å². The molecule has 1 heteroatoms. The molecule has 2 aliphatic carbocycles. The molecule has 0 aliphatic heterocycles. The summed E-state index contributed by atoms with van der Waals surface area (Å²) in [7, 11) is 0. The zero-order chi connectivity index (χ0) is 11.4. The van der Waals surface area contributed by atoms with E-state index in [1.807, 2.05) is 0 Å². The van der Waals surface area contributed by atoms with Crippen LogP contribution in [0, 0.1) is 0 Å². The van der Waals surface area contributed by atoms with Crippen molar-refractivity contribution in [2.75, 3.05) is 0 Å². The average molecular weight is 220 g/mol. The lowest BCUT2D eigenvalue weighted by Gasteiger charge is -2.04. The zero-order valence-corrected chi connectivity index (χ0v) is 9.49. The van der Waals surface area contributed by atoms with Gasteiger partial charge in [0.25, 0.3) is 0 Å². The molecule has 0 heterocycles. The number of Topliss-reactive ketones (excluding diaryl/α,β-unsaturated/α-hetero) is 1. The first-order chi connectivity index (χ1) is 8.33. The summed E-state index contributed by atoms with van der Waals surface area (Å²) in [5.74, 6) is 0.312. The Bertz CT molecular complexity index is 653. The minimum Gasteiger partial charge on any atom is -0.294 e. The van der Waals surface area contributed by atoms with Crippen molar-refractivity contribution in [3.63, 3.8) is 0 Å². The van der Waals surface area contributed by atoms with Crippen molar-refractivity contribution in [2.45, 2.75) is 19.3 Å². The topological polar surface area (TPSA) is 17.1 Å². The molecule has 2 aromatic rings. The molecule has 0 aromatic heterocycles. The lowest BCUT2D eigenvalue weighted by Crippen LogP contribution is -1.92. The Hall–Kier alpha value is -1.89. The molecule has 0 radical (unpaired) electrons. The third-order valence-corrected chi connectivity index (χ3v) is 3.94. The third kappa shape index (κ3) is 1.17. The van der Waals surface area contributed by atoms with Gasteiger partial charge in [-0.1, -0.05) is 30.3 Å². The quantitative estimate of drug-likeness (QED) is 0.567. The molecule has 82 valence electrons. The Morgan fingerprint density at radius 3 is 2.59 bits per heavy atom. The van der Waals surface area contributed by atoms with Gasteiger partial charge in [0.2, 0.25) is 0 Å². The fraction of sp³-hybridized carbons (Fsp3) is 0.188. The van der Waals surface area contributed by atoms with Crippen LogP contribution in [0.2, 0.25) is 0 Å². The van der Waals surface area contributed by atoms with Crippen LogP contribution < -0.4 is 0 Å². The number of carbonyl (C=O) groups is 1. The maximum Gasteiger partial charge on any atom is 0.163 e. The van der Waals surface area contributed by atoms with Gasteiger partial charge >= 0.3 is 0 Å². The van der Waals surface area contributed by atoms with Crippen LogP contribution in [0.5, 0.6) is 0 Å². The second-order valence-corrected chi connectivity index (χ2v) is 4.92. The molecule has 17 heavy (non-hydrogen) atoms. The molecule has 0 fully saturated rings. The highest BCUT2D eigenvalue weighted by Crippen LogP contribution is 2.39. The molecular formula is C16H12O. The summed E-state index contributed by atoms with van der Waals surface area (Å²) >= 11 is 0. The van der Waals surface area contributed by atoms with Crippen LogP contribution in [0.15, 0.2) is 36.4 Å². The Labute approximate surface area is 100 Å². The fourth-order valence-electron chi connectivity index (χ4n) is 3.08. The lowest BCUT2D eigenvalue weighted by atomic mass is 9.99. The van der Waals surface area contributed by atoms with Gasteiger partial charge in [-0.3, -0.25) is 4.79 Å². The molecule has 0 amide bonds. The van der Waals surface area contributed by atoms with Crippen molar-refractivity contribution in [2.24, 2.45) is 0 Å². The van der Waals surface area contributed by atoms with Crippen molar-refractivity contribution in [1.29, 1.82) is 0 Å². The Morgan fingerprint density at radius 2 is 1.65 bits per heavy atom. The largest absolute Gasteiger partial charge is 0.294 e. The molecule has 4 rings (SSSR count). The lowest BCUT2D eigenvalue weighted by molar-refractivity contribution is 0.0994. The maximum absolute atomic E-state index is 11.8. The van der Waals surface area contributed by atoms with Crippen molar-refractivity contribution in [3.05, 3.63) is 58.7 Å². The van der Waals surface area contributed by atoms with Crippen LogP contribution in [0.4, 0.5) is 0 Å². The number of fused-ring (bicyclic) bond motifs is 4. The monoisotopic (exact) mass is 220 g/mol. The number of hydrogen-bond donors (Lipinski definition) is 0. The number of benzene rings is 2. The molecule has 0 saturated carbocycles. The van der Waals surface area contributed by atoms with Crippen LogP contribution in [-0.4, -0.2) is 5.78 Å². The molecule has 0 spiro atoms. The van der Waals surface area contributed by atoms with Crippen LogP contribution in [0.3, 0.4) is 0 Å². The Morgan fingerprint density at radius 1 is 0.765 bits per heavy atom. The van der Waals surface area contributed by atoms with E-state index in [0.29, 0.717) is 12.2 Å². The van der Waals surface area contributed by atoms with E-state index in [-0.39, 0.29) is 0 Å². The second kappa shape index (κ2) is 3.07. The summed E-state index contributed by atoms with van der Waals surface area (Å²) in [4.78, 5) is 11.8. The summed E-state index contributed by atoms with van der Waals surface area (Å²) in [6.45, 7) is 0. The van der Waals surface area contributed by atoms with E-state index in [0.717, 1.165) is 18.4 Å². The van der Waals surface area contributed by atoms with E-state index in [1.165, 1.54) is 27.8 Å². The number of rotatable bonds is 0. The highest BCUT2D eigenvalue weighted by atomic mass is 16.1. The van der Waals surface area contributed by atoms with Gasteiger partial charge in [0.1, 0.15) is 0 Å². The number of aryl methyl sites for hydroxylation is 1. The van der Waals surface area contributed by atoms with Crippen molar-refractivity contribution in [1.82, 2.24) is 0 Å². The first kappa shape index (κ1) is 9.17. The highest BCUT2D eigenvalue weighted by Gasteiger charge is 2.25. The standard InChI is InChI=1S/C16H12O/c17-16-6-5-11-8-12-7-10-3-1-2-4-13(10)14(12)9-15(11)16/h1-4,8-9H,5-7H2. The smallest absolute Gasteiger partial charge is 0.163 e. The second-order valence-electron chi connectivity index (χ2n) is 4.92. The van der Waals surface area contributed by atoms with Crippen LogP contribution >= 0.6 is 0 Å². The van der Waals surface area contributed by atoms with Crippen molar-refractivity contribution >= 4 is 5.78 Å². The maximum atomic E-state index is 11.8. The molecule has 0 N–H and O–H groups in total. The predicted molar refractivity (Wildman–Crippen MR) is 67.3 cm³/mol. The normalized spacial score (nSPS) is 15.6. The first-order valence-electron chi connectivity index (χ1n) is 6.10. The van der Waals surface area contributed by atoms with Gasteiger partial charge in [-0.25, -0.2) is 0 Å². The third-order valence-electron chi connectivity index (χ3n) is 3.94. The van der Waals surface area contributed by atoms with E-state index in [2.05, 4.69) is 36.4 Å². The summed E-state index contributed by atoms with van der Waals surface area (Å²) < 4.78 is 0. The summed E-state index contributed by atoms with van der Waals surface area (Å²) in [6.07, 6.45) is 2.64.